The molecule has 0 unspecified atom stereocenters. The van der Waals surface area contributed by atoms with E-state index in [0.29, 0.717) is 22.2 Å². The summed E-state index contributed by atoms with van der Waals surface area (Å²) in [4.78, 5) is 24.5. The fourth-order valence-corrected chi connectivity index (χ4v) is 2.48. The van der Waals surface area contributed by atoms with E-state index in [0.717, 1.165) is 11.1 Å². The van der Waals surface area contributed by atoms with Crippen molar-refractivity contribution in [2.24, 2.45) is 0 Å². The molecule has 3 aromatic rings. The van der Waals surface area contributed by atoms with Crippen molar-refractivity contribution in [2.75, 3.05) is 12.4 Å². The minimum Gasteiger partial charge on any atom is -0.497 e. The van der Waals surface area contributed by atoms with E-state index in [1.165, 1.54) is 0 Å². The molecule has 2 aromatic carbocycles. The number of ether oxygens (including phenoxy) is 1. The second-order valence-electron chi connectivity index (χ2n) is 5.55. The van der Waals surface area contributed by atoms with Gasteiger partial charge in [-0.3, -0.25) is 4.79 Å². The maximum absolute atomic E-state index is 12.5. The summed E-state index contributed by atoms with van der Waals surface area (Å²) in [5.41, 5.74) is 2.17. The standard InChI is InChI=1S/C19H17NO4/c1-11-5-4-6-16(12(11)2)20-18(21)17-10-13-9-14(23-3)7-8-15(13)19(22)24-17/h4-10H,1-3H3,(H,20,21). The summed E-state index contributed by atoms with van der Waals surface area (Å²) < 4.78 is 10.3. The van der Waals surface area contributed by atoms with Crippen molar-refractivity contribution in [3.63, 3.8) is 0 Å². The largest absolute Gasteiger partial charge is 0.497 e. The van der Waals surface area contributed by atoms with Crippen molar-refractivity contribution in [2.45, 2.75) is 13.8 Å². The third kappa shape index (κ3) is 2.88. The summed E-state index contributed by atoms with van der Waals surface area (Å²) in [6.07, 6.45) is 0. The molecule has 0 aliphatic heterocycles. The highest BCUT2D eigenvalue weighted by Gasteiger charge is 2.14. The molecule has 0 bridgehead atoms. The molecule has 122 valence electrons. The van der Waals surface area contributed by atoms with Crippen molar-refractivity contribution < 1.29 is 13.9 Å². The number of carbonyl (C=O) groups is 1. The van der Waals surface area contributed by atoms with Crippen LogP contribution in [0.4, 0.5) is 5.69 Å². The Kier molecular flexibility index (Phi) is 4.08. The summed E-state index contributed by atoms with van der Waals surface area (Å²) in [6, 6.07) is 12.2. The summed E-state index contributed by atoms with van der Waals surface area (Å²) in [5.74, 6) is 0.0983. The van der Waals surface area contributed by atoms with Gasteiger partial charge < -0.3 is 14.5 Å². The maximum atomic E-state index is 12.5. The number of carbonyl (C=O) groups excluding carboxylic acids is 1. The molecule has 0 saturated carbocycles. The lowest BCUT2D eigenvalue weighted by Crippen LogP contribution is -2.15. The number of amides is 1. The predicted octanol–water partition coefficient (Wildman–Crippen LogP) is 3.67. The minimum absolute atomic E-state index is 0.0401. The van der Waals surface area contributed by atoms with Gasteiger partial charge in [0, 0.05) is 5.69 Å². The molecule has 5 nitrogen and oxygen atoms in total. The van der Waals surface area contributed by atoms with Crippen molar-refractivity contribution in [1.29, 1.82) is 0 Å². The SMILES string of the molecule is COc1ccc2c(=O)oc(C(=O)Nc3cccc(C)c3C)cc2c1. The quantitative estimate of drug-likeness (QED) is 0.798. The van der Waals surface area contributed by atoms with Crippen LogP contribution in [0.15, 0.2) is 51.7 Å². The Morgan fingerprint density at radius 3 is 2.67 bits per heavy atom. The zero-order valence-electron chi connectivity index (χ0n) is 13.7. The molecule has 3 rings (SSSR count). The van der Waals surface area contributed by atoms with Crippen LogP contribution in [0.5, 0.6) is 5.75 Å². The van der Waals surface area contributed by atoms with Gasteiger partial charge in [-0.1, -0.05) is 12.1 Å². The molecule has 1 N–H and O–H groups in total. The van der Waals surface area contributed by atoms with Crippen LogP contribution in [0.3, 0.4) is 0 Å². The average Bonchev–Trinajstić information content (AvgIpc) is 2.58. The molecule has 0 fully saturated rings. The number of rotatable bonds is 3. The summed E-state index contributed by atoms with van der Waals surface area (Å²) in [6.45, 7) is 3.89. The Bertz CT molecular complexity index is 988. The molecule has 0 aliphatic carbocycles. The summed E-state index contributed by atoms with van der Waals surface area (Å²) in [5, 5.41) is 3.78. The topological polar surface area (TPSA) is 68.5 Å². The van der Waals surface area contributed by atoms with E-state index in [1.807, 2.05) is 32.0 Å². The number of fused-ring (bicyclic) bond motifs is 1. The first-order chi connectivity index (χ1) is 11.5. The number of benzene rings is 2. The first kappa shape index (κ1) is 15.8. The van der Waals surface area contributed by atoms with Crippen LogP contribution in [0.1, 0.15) is 21.7 Å². The van der Waals surface area contributed by atoms with E-state index >= 15 is 0 Å². The minimum atomic E-state index is -0.554. The van der Waals surface area contributed by atoms with Gasteiger partial charge in [0.15, 0.2) is 5.76 Å². The number of aryl methyl sites for hydroxylation is 1. The Morgan fingerprint density at radius 1 is 1.12 bits per heavy atom. The molecule has 1 aromatic heterocycles. The smallest absolute Gasteiger partial charge is 0.344 e. The summed E-state index contributed by atoms with van der Waals surface area (Å²) in [7, 11) is 1.54. The maximum Gasteiger partial charge on any atom is 0.344 e. The van der Waals surface area contributed by atoms with E-state index in [9.17, 15) is 9.59 Å². The Balaban J connectivity index is 2.00. The Labute approximate surface area is 138 Å². The van der Waals surface area contributed by atoms with Gasteiger partial charge in [-0.15, -0.1) is 0 Å². The van der Waals surface area contributed by atoms with Gasteiger partial charge in [-0.05, 0) is 60.7 Å². The van der Waals surface area contributed by atoms with Crippen LogP contribution < -0.4 is 15.7 Å². The average molecular weight is 323 g/mol. The Morgan fingerprint density at radius 2 is 1.92 bits per heavy atom. The molecule has 5 heteroatoms. The van der Waals surface area contributed by atoms with Crippen LogP contribution in [0, 0.1) is 13.8 Å². The molecule has 1 amide bonds. The van der Waals surface area contributed by atoms with E-state index < -0.39 is 11.5 Å². The highest BCUT2D eigenvalue weighted by molar-refractivity contribution is 6.04. The molecule has 0 radical (unpaired) electrons. The van der Waals surface area contributed by atoms with Gasteiger partial charge in [0.2, 0.25) is 0 Å². The summed E-state index contributed by atoms with van der Waals surface area (Å²) >= 11 is 0. The van der Waals surface area contributed by atoms with E-state index in [1.54, 1.807) is 31.4 Å². The van der Waals surface area contributed by atoms with Crippen molar-refractivity contribution in [3.8, 4) is 5.75 Å². The fourth-order valence-electron chi connectivity index (χ4n) is 2.48. The number of anilines is 1. The second kappa shape index (κ2) is 6.20. The normalized spacial score (nSPS) is 10.6. The van der Waals surface area contributed by atoms with Crippen LogP contribution in [0.2, 0.25) is 0 Å². The van der Waals surface area contributed by atoms with Gasteiger partial charge in [0.1, 0.15) is 5.75 Å². The van der Waals surface area contributed by atoms with Crippen LogP contribution in [-0.2, 0) is 0 Å². The molecule has 24 heavy (non-hydrogen) atoms. The second-order valence-corrected chi connectivity index (χ2v) is 5.55. The molecule has 0 spiro atoms. The fraction of sp³-hybridized carbons (Fsp3) is 0.158. The van der Waals surface area contributed by atoms with E-state index in [-0.39, 0.29) is 5.76 Å². The van der Waals surface area contributed by atoms with Crippen LogP contribution in [-0.4, -0.2) is 13.0 Å². The van der Waals surface area contributed by atoms with Crippen molar-refractivity contribution in [1.82, 2.24) is 0 Å². The zero-order valence-corrected chi connectivity index (χ0v) is 13.7. The first-order valence-electron chi connectivity index (χ1n) is 7.49. The molecular formula is C19H17NO4. The lowest BCUT2D eigenvalue weighted by Gasteiger charge is -2.10. The molecular weight excluding hydrogens is 306 g/mol. The number of methoxy groups -OCH3 is 1. The molecule has 0 atom stereocenters. The van der Waals surface area contributed by atoms with Crippen LogP contribution >= 0.6 is 0 Å². The zero-order chi connectivity index (χ0) is 17.3. The molecule has 1 heterocycles. The third-order valence-corrected chi connectivity index (χ3v) is 4.04. The van der Waals surface area contributed by atoms with Gasteiger partial charge >= 0.3 is 5.63 Å². The number of nitrogens with one attached hydrogen (secondary N) is 1. The first-order valence-corrected chi connectivity index (χ1v) is 7.49. The predicted molar refractivity (Wildman–Crippen MR) is 92.9 cm³/mol. The van der Waals surface area contributed by atoms with Crippen LogP contribution in [0.25, 0.3) is 10.8 Å². The lowest BCUT2D eigenvalue weighted by molar-refractivity contribution is 0.0993. The third-order valence-electron chi connectivity index (χ3n) is 4.04. The van der Waals surface area contributed by atoms with Gasteiger partial charge in [-0.25, -0.2) is 4.79 Å². The van der Waals surface area contributed by atoms with Crippen molar-refractivity contribution >= 4 is 22.4 Å². The van der Waals surface area contributed by atoms with Gasteiger partial charge in [-0.2, -0.15) is 0 Å². The van der Waals surface area contributed by atoms with E-state index in [2.05, 4.69) is 5.32 Å². The van der Waals surface area contributed by atoms with E-state index in [4.69, 9.17) is 9.15 Å². The highest BCUT2D eigenvalue weighted by atomic mass is 16.5. The molecule has 0 saturated heterocycles. The monoisotopic (exact) mass is 323 g/mol. The number of hydrogen-bond donors (Lipinski definition) is 1. The van der Waals surface area contributed by atoms with Gasteiger partial charge in [0.05, 0.1) is 12.5 Å². The molecule has 0 aliphatic rings. The Hall–Kier alpha value is -3.08. The van der Waals surface area contributed by atoms with Crippen molar-refractivity contribution in [3.05, 3.63) is 69.8 Å². The van der Waals surface area contributed by atoms with Gasteiger partial charge in [0.25, 0.3) is 5.91 Å². The highest BCUT2D eigenvalue weighted by Crippen LogP contribution is 2.21. The number of hydrogen-bond acceptors (Lipinski definition) is 4. The lowest BCUT2D eigenvalue weighted by atomic mass is 10.1.